The summed E-state index contributed by atoms with van der Waals surface area (Å²) in [6.45, 7) is 27.2. The summed E-state index contributed by atoms with van der Waals surface area (Å²) in [5, 5.41) is 7.46. The number of carbonyl (C=O) groups excluding carboxylic acids is 2. The van der Waals surface area contributed by atoms with Gasteiger partial charge in [-0.1, -0.05) is 284 Å². The second kappa shape index (κ2) is 35.8. The Bertz CT molecular complexity index is 3500. The van der Waals surface area contributed by atoms with Crippen LogP contribution in [-0.2, 0) is 27.9 Å². The van der Waals surface area contributed by atoms with Crippen LogP contribution < -0.4 is 20.7 Å². The number of thioether (sulfide) groups is 2. The predicted octanol–water partition coefficient (Wildman–Crippen LogP) is 19.3. The lowest BCUT2D eigenvalue weighted by atomic mass is 9.89. The Morgan fingerprint density at radius 3 is 1.04 bits per heavy atom. The Balaban J connectivity index is 0.000000229. The van der Waals surface area contributed by atoms with E-state index >= 15 is 0 Å². The number of benzene rings is 8. The zero-order valence-corrected chi connectivity index (χ0v) is 64.4. The Morgan fingerprint density at radius 1 is 0.449 bits per heavy atom. The summed E-state index contributed by atoms with van der Waals surface area (Å²) in [5.41, 5.74) is 3.80. The molecule has 516 valence electrons. The predicted molar refractivity (Wildman–Crippen MR) is 420 cm³/mol. The highest BCUT2D eigenvalue weighted by molar-refractivity contribution is 7.99. The normalized spacial score (nSPS) is 19.1. The van der Waals surface area contributed by atoms with Gasteiger partial charge in [0.25, 0.3) is 28.4 Å². The molecule has 2 saturated heterocycles. The van der Waals surface area contributed by atoms with E-state index < -0.39 is 41.1 Å². The quantitative estimate of drug-likeness (QED) is 0.0273. The van der Waals surface area contributed by atoms with Crippen LogP contribution in [-0.4, -0.2) is 98.8 Å². The minimum absolute atomic E-state index is 0.0193. The standard InChI is InChI=1S/2C41H47Cl2NO3SSi/c2*1-6-15-37-40(45)44(38(30-22-24-32(42)25-23-30)39(47-37)31-16-14-17-33(43)28-31)34(7-2)29-48-27-26-46-49(41(3,4)5,35-18-10-8-11-19-35)36-20-12-9-13-21-36/h2*6,8-14,16-25,28,34,37-39H,1,7,15,26-27,29H2,2-5H3/t34-,37+,38+,39+;34-,37-,38+,39+/m00/s1. The van der Waals surface area contributed by atoms with Gasteiger partial charge in [-0.3, -0.25) is 9.59 Å². The molecule has 2 fully saturated rings. The van der Waals surface area contributed by atoms with Crippen molar-refractivity contribution in [1.29, 1.82) is 0 Å². The number of nitrogens with zero attached hydrogens (tertiary/aromatic N) is 2. The van der Waals surface area contributed by atoms with Crippen molar-refractivity contribution in [2.75, 3.05) is 36.2 Å². The average molecular weight is 1470 g/mol. The Labute approximate surface area is 614 Å². The summed E-state index contributed by atoms with van der Waals surface area (Å²) in [5.74, 6) is 3.10. The number of morpholine rings is 2. The van der Waals surface area contributed by atoms with Crippen LogP contribution in [0.5, 0.6) is 0 Å². The summed E-state index contributed by atoms with van der Waals surface area (Å²) in [6, 6.07) is 73.2. The van der Waals surface area contributed by atoms with Crippen molar-refractivity contribution in [3.8, 4) is 0 Å². The van der Waals surface area contributed by atoms with Gasteiger partial charge >= 0.3 is 0 Å². The first-order valence-corrected chi connectivity index (χ1v) is 41.7. The second-order valence-corrected chi connectivity index (χ2v) is 39.7. The average Bonchev–Trinajstić information content (AvgIpc) is 0.786. The largest absolute Gasteiger partial charge is 0.407 e. The highest BCUT2D eigenvalue weighted by Gasteiger charge is 2.53. The van der Waals surface area contributed by atoms with E-state index in [1.54, 1.807) is 12.2 Å². The van der Waals surface area contributed by atoms with Crippen molar-refractivity contribution in [3.05, 3.63) is 286 Å². The smallest absolute Gasteiger partial charge is 0.261 e. The lowest BCUT2D eigenvalue weighted by Gasteiger charge is -2.48. The van der Waals surface area contributed by atoms with Gasteiger partial charge in [0, 0.05) is 81.2 Å². The van der Waals surface area contributed by atoms with Crippen molar-refractivity contribution in [3.63, 3.8) is 0 Å². The van der Waals surface area contributed by atoms with E-state index in [2.05, 4.69) is 200 Å². The molecule has 0 aliphatic carbocycles. The molecule has 2 amide bonds. The molecule has 8 atom stereocenters. The molecule has 0 unspecified atom stereocenters. The maximum Gasteiger partial charge on any atom is 0.261 e. The summed E-state index contributed by atoms with van der Waals surface area (Å²) in [7, 11) is -5.27. The molecule has 0 N–H and O–H groups in total. The van der Waals surface area contributed by atoms with E-state index in [1.165, 1.54) is 20.7 Å². The van der Waals surface area contributed by atoms with Crippen molar-refractivity contribution in [2.45, 2.75) is 140 Å². The summed E-state index contributed by atoms with van der Waals surface area (Å²) in [6.07, 6.45) is 3.85. The molecule has 10 rings (SSSR count). The highest BCUT2D eigenvalue weighted by atomic mass is 35.5. The number of rotatable bonds is 28. The van der Waals surface area contributed by atoms with Crippen molar-refractivity contribution >= 4 is 119 Å². The van der Waals surface area contributed by atoms with Crippen molar-refractivity contribution < 1.29 is 27.9 Å². The SMILES string of the molecule is C=CC[C@@H]1O[C@H](c2cccc(Cl)c2)[C@@H](c2ccc(Cl)cc2)N([C@@H](CC)CSCCO[Si](c2ccccc2)(c2ccccc2)C(C)(C)C)C1=O.C=CC[C@H]1O[C@H](c2cccc(Cl)c2)[C@@H](c2ccc(Cl)cc2)N([C@@H](CC)CSCCO[Si](c2ccccc2)(c2ccccc2)C(C)(C)C)C1=O. The van der Waals surface area contributed by atoms with Crippen LogP contribution in [0.1, 0.15) is 128 Å². The summed E-state index contributed by atoms with van der Waals surface area (Å²) < 4.78 is 27.6. The first kappa shape index (κ1) is 76.5. The fourth-order valence-corrected chi connectivity index (χ4v) is 26.2. The maximum absolute atomic E-state index is 14.3. The number of hydrogen-bond donors (Lipinski definition) is 0. The fraction of sp³-hybridized carbons (Fsp3) is 0.341. The lowest BCUT2D eigenvalue weighted by Crippen LogP contribution is -2.66. The van der Waals surface area contributed by atoms with E-state index in [0.29, 0.717) is 46.1 Å². The third-order valence-corrected chi connectivity index (χ3v) is 31.9. The topological polar surface area (TPSA) is 77.5 Å². The van der Waals surface area contributed by atoms with Crippen LogP contribution >= 0.6 is 69.9 Å². The van der Waals surface area contributed by atoms with Crippen molar-refractivity contribution in [2.24, 2.45) is 0 Å². The molecule has 0 bridgehead atoms. The van der Waals surface area contributed by atoms with E-state index in [0.717, 1.165) is 58.1 Å². The minimum Gasteiger partial charge on any atom is -0.407 e. The Morgan fingerprint density at radius 2 is 0.765 bits per heavy atom. The molecule has 8 nitrogen and oxygen atoms in total. The number of carbonyl (C=O) groups is 2. The van der Waals surface area contributed by atoms with Gasteiger partial charge in [-0.2, -0.15) is 23.5 Å². The van der Waals surface area contributed by atoms with Gasteiger partial charge in [-0.15, -0.1) is 13.2 Å². The van der Waals surface area contributed by atoms with E-state index in [9.17, 15) is 9.59 Å². The fourth-order valence-electron chi connectivity index (χ4n) is 14.1. The Kier molecular flexibility index (Phi) is 27.9. The second-order valence-electron chi connectivity index (χ2n) is 27.0. The van der Waals surface area contributed by atoms with Gasteiger partial charge in [0.15, 0.2) is 0 Å². The van der Waals surface area contributed by atoms with E-state index in [4.69, 9.17) is 64.7 Å². The Hall–Kier alpha value is -5.69. The van der Waals surface area contributed by atoms with Gasteiger partial charge in [-0.25, -0.2) is 0 Å². The minimum atomic E-state index is -2.63. The van der Waals surface area contributed by atoms with Crippen LogP contribution in [0.4, 0.5) is 0 Å². The first-order chi connectivity index (χ1) is 47.2. The number of ether oxygens (including phenoxy) is 2. The molecule has 16 heteroatoms. The molecule has 0 aromatic heterocycles. The van der Waals surface area contributed by atoms with Crippen LogP contribution in [0.25, 0.3) is 0 Å². The summed E-state index contributed by atoms with van der Waals surface area (Å²) >= 11 is 29.3. The third-order valence-electron chi connectivity index (χ3n) is 18.7. The molecule has 8 aromatic rings. The van der Waals surface area contributed by atoms with Gasteiger partial charge in [0.1, 0.15) is 24.4 Å². The van der Waals surface area contributed by atoms with Gasteiger partial charge in [0.2, 0.25) is 0 Å². The molecule has 2 aliphatic rings. The molecule has 0 radical (unpaired) electrons. The number of amides is 2. The molecule has 2 heterocycles. The van der Waals surface area contributed by atoms with E-state index in [-0.39, 0.29) is 46.1 Å². The molecule has 0 saturated carbocycles. The van der Waals surface area contributed by atoms with Gasteiger partial charge in [-0.05, 0) is 114 Å². The molecular weight excluding hydrogens is 1370 g/mol. The summed E-state index contributed by atoms with van der Waals surface area (Å²) in [4.78, 5) is 32.8. The van der Waals surface area contributed by atoms with Gasteiger partial charge in [0.05, 0.1) is 12.1 Å². The molecule has 2 aliphatic heterocycles. The number of hydrogen-bond acceptors (Lipinski definition) is 8. The highest BCUT2D eigenvalue weighted by Crippen LogP contribution is 2.48. The lowest BCUT2D eigenvalue weighted by molar-refractivity contribution is -0.178. The van der Waals surface area contributed by atoms with Crippen molar-refractivity contribution in [1.82, 2.24) is 9.80 Å². The number of halogens is 4. The first-order valence-electron chi connectivity index (χ1n) is 34.1. The van der Waals surface area contributed by atoms with Crippen LogP contribution in [0, 0.1) is 0 Å². The molecule has 0 spiro atoms. The zero-order chi connectivity index (χ0) is 70.0. The van der Waals surface area contributed by atoms with Crippen LogP contribution in [0.3, 0.4) is 0 Å². The zero-order valence-electron chi connectivity index (χ0n) is 57.7. The maximum atomic E-state index is 14.3. The molecular formula is C82H94Cl4N2O6S2Si2. The van der Waals surface area contributed by atoms with Gasteiger partial charge < -0.3 is 28.1 Å². The molecule has 98 heavy (non-hydrogen) atoms. The molecule has 8 aromatic carbocycles. The van der Waals surface area contributed by atoms with Crippen LogP contribution in [0.2, 0.25) is 30.2 Å². The van der Waals surface area contributed by atoms with E-state index in [1.807, 2.05) is 121 Å². The monoisotopic (exact) mass is 1460 g/mol. The third kappa shape index (κ3) is 18.0. The van der Waals surface area contributed by atoms with Crippen LogP contribution in [0.15, 0.2) is 244 Å².